The lowest BCUT2D eigenvalue weighted by molar-refractivity contribution is -0.155. The number of hydrogen-bond donors (Lipinski definition) is 1. The number of hydrogen-bond acceptors (Lipinski definition) is 6. The van der Waals surface area contributed by atoms with Gasteiger partial charge in [0, 0.05) is 18.5 Å². The van der Waals surface area contributed by atoms with Crippen LogP contribution in [0.5, 0.6) is 11.5 Å². The Morgan fingerprint density at radius 3 is 2.50 bits per heavy atom. The van der Waals surface area contributed by atoms with Gasteiger partial charge >= 0.3 is 5.97 Å². The summed E-state index contributed by atoms with van der Waals surface area (Å²) >= 11 is 0. The van der Waals surface area contributed by atoms with E-state index in [0.717, 1.165) is 28.9 Å². The highest BCUT2D eigenvalue weighted by atomic mass is 16.5. The topological polar surface area (TPSA) is 97.7 Å². The number of nitriles is 1. The van der Waals surface area contributed by atoms with E-state index in [2.05, 4.69) is 5.32 Å². The Balaban J connectivity index is 1.46. The molecule has 0 saturated carbocycles. The molecular formula is C27H24N2O5. The molecule has 4 rings (SSSR count). The number of rotatable bonds is 8. The first-order valence-corrected chi connectivity index (χ1v) is 10.9. The van der Waals surface area contributed by atoms with Crippen molar-refractivity contribution < 1.29 is 23.8 Å². The van der Waals surface area contributed by atoms with Crippen LogP contribution in [0.3, 0.4) is 0 Å². The lowest BCUT2D eigenvalue weighted by atomic mass is 10.1. The first-order chi connectivity index (χ1) is 16.6. The fourth-order valence-corrected chi connectivity index (χ4v) is 3.69. The van der Waals surface area contributed by atoms with Crippen LogP contribution in [0, 0.1) is 11.3 Å². The molecule has 1 heterocycles. The molecule has 7 nitrogen and oxygen atoms in total. The minimum atomic E-state index is -1.15. The molecule has 172 valence electrons. The Kier molecular flexibility index (Phi) is 7.09. The summed E-state index contributed by atoms with van der Waals surface area (Å²) in [5.74, 6) is 0.528. The van der Waals surface area contributed by atoms with Gasteiger partial charge in [-0.15, -0.1) is 0 Å². The van der Waals surface area contributed by atoms with E-state index < -0.39 is 18.0 Å². The molecule has 3 aromatic rings. The SMILES string of the molecule is COc1ccc(CC(=O)OC(C(=O)NCc2ccc3c(c2)OCC3)c2ccc(C#N)cc2)cc1. The molecule has 1 unspecified atom stereocenters. The molecule has 1 atom stereocenters. The van der Waals surface area contributed by atoms with Gasteiger partial charge in [-0.1, -0.05) is 36.4 Å². The second kappa shape index (κ2) is 10.5. The fraction of sp³-hybridized carbons (Fsp3) is 0.222. The summed E-state index contributed by atoms with van der Waals surface area (Å²) < 4.78 is 16.3. The van der Waals surface area contributed by atoms with Crippen LogP contribution in [-0.2, 0) is 33.7 Å². The second-order valence-corrected chi connectivity index (χ2v) is 7.89. The predicted molar refractivity (Wildman–Crippen MR) is 124 cm³/mol. The van der Waals surface area contributed by atoms with Gasteiger partial charge < -0.3 is 19.5 Å². The summed E-state index contributed by atoms with van der Waals surface area (Å²) in [6, 6.07) is 21.4. The zero-order valence-electron chi connectivity index (χ0n) is 18.7. The molecule has 7 heteroatoms. The van der Waals surface area contributed by atoms with E-state index in [-0.39, 0.29) is 13.0 Å². The quantitative estimate of drug-likeness (QED) is 0.520. The third kappa shape index (κ3) is 5.54. The van der Waals surface area contributed by atoms with Crippen molar-refractivity contribution in [1.82, 2.24) is 5.32 Å². The van der Waals surface area contributed by atoms with Gasteiger partial charge in [-0.25, -0.2) is 0 Å². The molecule has 1 amide bonds. The van der Waals surface area contributed by atoms with Crippen molar-refractivity contribution in [3.63, 3.8) is 0 Å². The molecule has 0 bridgehead atoms. The molecule has 0 aromatic heterocycles. The van der Waals surface area contributed by atoms with Gasteiger partial charge in [0.1, 0.15) is 11.5 Å². The molecule has 0 radical (unpaired) electrons. The Morgan fingerprint density at radius 2 is 1.79 bits per heavy atom. The van der Waals surface area contributed by atoms with Gasteiger partial charge in [-0.05, 0) is 47.0 Å². The van der Waals surface area contributed by atoms with Crippen molar-refractivity contribution in [3.8, 4) is 17.6 Å². The average molecular weight is 456 g/mol. The molecular weight excluding hydrogens is 432 g/mol. The van der Waals surface area contributed by atoms with Crippen molar-refractivity contribution in [2.75, 3.05) is 13.7 Å². The van der Waals surface area contributed by atoms with E-state index in [4.69, 9.17) is 19.5 Å². The summed E-state index contributed by atoms with van der Waals surface area (Å²) in [6.45, 7) is 0.925. The maximum atomic E-state index is 13.1. The van der Waals surface area contributed by atoms with Crippen LogP contribution in [0.2, 0.25) is 0 Å². The molecule has 1 aliphatic heterocycles. The number of carbonyl (C=O) groups excluding carboxylic acids is 2. The highest BCUT2D eigenvalue weighted by Gasteiger charge is 2.25. The number of benzene rings is 3. The molecule has 34 heavy (non-hydrogen) atoms. The number of esters is 1. The van der Waals surface area contributed by atoms with E-state index in [1.807, 2.05) is 24.3 Å². The van der Waals surface area contributed by atoms with Gasteiger partial charge in [-0.2, -0.15) is 5.26 Å². The van der Waals surface area contributed by atoms with E-state index in [0.29, 0.717) is 23.5 Å². The summed E-state index contributed by atoms with van der Waals surface area (Å²) in [6.07, 6.45) is -0.261. The van der Waals surface area contributed by atoms with Gasteiger partial charge in [-0.3, -0.25) is 9.59 Å². The lowest BCUT2D eigenvalue weighted by Gasteiger charge is -2.18. The van der Waals surface area contributed by atoms with Crippen molar-refractivity contribution >= 4 is 11.9 Å². The number of methoxy groups -OCH3 is 1. The van der Waals surface area contributed by atoms with Crippen molar-refractivity contribution in [2.45, 2.75) is 25.5 Å². The maximum Gasteiger partial charge on any atom is 0.311 e. The van der Waals surface area contributed by atoms with Gasteiger partial charge in [0.15, 0.2) is 0 Å². The van der Waals surface area contributed by atoms with Crippen LogP contribution in [-0.4, -0.2) is 25.6 Å². The fourth-order valence-electron chi connectivity index (χ4n) is 3.69. The minimum Gasteiger partial charge on any atom is -0.497 e. The van der Waals surface area contributed by atoms with Crippen molar-refractivity contribution in [1.29, 1.82) is 5.26 Å². The van der Waals surface area contributed by atoms with E-state index in [9.17, 15) is 9.59 Å². The van der Waals surface area contributed by atoms with Crippen LogP contribution in [0.4, 0.5) is 0 Å². The molecule has 0 saturated heterocycles. The number of ether oxygens (including phenoxy) is 3. The number of carbonyl (C=O) groups is 2. The van der Waals surface area contributed by atoms with Gasteiger partial charge in [0.05, 0.1) is 31.8 Å². The number of nitrogens with zero attached hydrogens (tertiary/aromatic N) is 1. The number of amides is 1. The molecule has 0 spiro atoms. The van der Waals surface area contributed by atoms with Crippen LogP contribution in [0.1, 0.15) is 33.9 Å². The first kappa shape index (κ1) is 22.9. The molecule has 3 aromatic carbocycles. The molecule has 1 aliphatic rings. The highest BCUT2D eigenvalue weighted by molar-refractivity contribution is 5.85. The monoisotopic (exact) mass is 456 g/mol. The largest absolute Gasteiger partial charge is 0.497 e. The normalized spacial score (nSPS) is 12.6. The molecule has 0 aliphatic carbocycles. The third-order valence-electron chi connectivity index (χ3n) is 5.56. The van der Waals surface area contributed by atoms with Gasteiger partial charge in [0.2, 0.25) is 6.10 Å². The van der Waals surface area contributed by atoms with E-state index in [1.54, 1.807) is 55.6 Å². The first-order valence-electron chi connectivity index (χ1n) is 10.9. The Morgan fingerprint density at radius 1 is 1.06 bits per heavy atom. The van der Waals surface area contributed by atoms with Crippen LogP contribution < -0.4 is 14.8 Å². The zero-order chi connectivity index (χ0) is 23.9. The van der Waals surface area contributed by atoms with E-state index >= 15 is 0 Å². The summed E-state index contributed by atoms with van der Waals surface area (Å²) in [7, 11) is 1.57. The van der Waals surface area contributed by atoms with Crippen molar-refractivity contribution in [2.24, 2.45) is 0 Å². The standard InChI is InChI=1S/C27H24N2O5/c1-32-23-10-5-18(6-11-23)15-25(30)34-26(22-8-2-19(16-28)3-9-22)27(31)29-17-20-4-7-21-12-13-33-24(21)14-20/h2-11,14,26H,12-13,15,17H2,1H3,(H,29,31). The average Bonchev–Trinajstić information content (AvgIpc) is 3.34. The summed E-state index contributed by atoms with van der Waals surface area (Å²) in [4.78, 5) is 25.8. The summed E-state index contributed by atoms with van der Waals surface area (Å²) in [5, 5.41) is 11.9. The summed E-state index contributed by atoms with van der Waals surface area (Å²) in [5.41, 5.74) is 3.71. The lowest BCUT2D eigenvalue weighted by Crippen LogP contribution is -2.32. The molecule has 0 fully saturated rings. The molecule has 1 N–H and O–H groups in total. The third-order valence-corrected chi connectivity index (χ3v) is 5.56. The zero-order valence-corrected chi connectivity index (χ0v) is 18.7. The number of nitrogens with one attached hydrogen (secondary N) is 1. The van der Waals surface area contributed by atoms with Gasteiger partial charge in [0.25, 0.3) is 5.91 Å². The highest BCUT2D eigenvalue weighted by Crippen LogP contribution is 2.26. The Bertz CT molecular complexity index is 1210. The van der Waals surface area contributed by atoms with E-state index in [1.165, 1.54) is 0 Å². The van der Waals surface area contributed by atoms with Crippen LogP contribution >= 0.6 is 0 Å². The predicted octanol–water partition coefficient (Wildman–Crippen LogP) is 3.65. The van der Waals surface area contributed by atoms with Crippen LogP contribution in [0.25, 0.3) is 0 Å². The van der Waals surface area contributed by atoms with Crippen molar-refractivity contribution in [3.05, 3.63) is 94.5 Å². The maximum absolute atomic E-state index is 13.1. The van der Waals surface area contributed by atoms with Crippen LogP contribution in [0.15, 0.2) is 66.7 Å². The second-order valence-electron chi connectivity index (χ2n) is 7.89. The number of fused-ring (bicyclic) bond motifs is 1. The smallest absolute Gasteiger partial charge is 0.311 e. The minimum absolute atomic E-state index is 0.00617. The Labute approximate surface area is 197 Å². The Hall–Kier alpha value is -4.31.